The lowest BCUT2D eigenvalue weighted by Gasteiger charge is -1.95. The number of ether oxygens (including phenoxy) is 1. The minimum absolute atomic E-state index is 0.0478. The predicted molar refractivity (Wildman–Crippen MR) is 32.8 cm³/mol. The second-order valence-corrected chi connectivity index (χ2v) is 1.68. The average molecular weight is 176 g/mol. The van der Waals surface area contributed by atoms with Crippen LogP contribution in [0.1, 0.15) is 0 Å². The molecule has 1 aromatic heterocycles. The van der Waals surface area contributed by atoms with E-state index in [4.69, 9.17) is 0 Å². The van der Waals surface area contributed by atoms with Crippen LogP contribution in [0.2, 0.25) is 0 Å². The van der Waals surface area contributed by atoms with Crippen molar-refractivity contribution in [1.82, 2.24) is 9.97 Å². The summed E-state index contributed by atoms with van der Waals surface area (Å²) in [6.07, 6.45) is 0.611. The molecule has 0 saturated heterocycles. The van der Waals surface area contributed by atoms with E-state index in [0.717, 1.165) is 0 Å². The first-order chi connectivity index (χ1) is 5.72. The van der Waals surface area contributed by atoms with Gasteiger partial charge in [0.2, 0.25) is 11.9 Å². The Morgan fingerprint density at radius 1 is 1.25 bits per heavy atom. The number of hydrogen-bond acceptors (Lipinski definition) is 3. The smallest absolute Gasteiger partial charge is 0.326 e. The Labute approximate surface area is 65.5 Å². The van der Waals surface area contributed by atoms with Crippen LogP contribution in [0.5, 0.6) is 6.01 Å². The van der Waals surface area contributed by atoms with E-state index < -0.39 is 17.9 Å². The molecular formula is C6H3F3N2O. The van der Waals surface area contributed by atoms with Crippen molar-refractivity contribution in [1.29, 1.82) is 0 Å². The normalized spacial score (nSPS) is 10.6. The van der Waals surface area contributed by atoms with Gasteiger partial charge in [-0.3, -0.25) is 0 Å². The van der Waals surface area contributed by atoms with Gasteiger partial charge in [-0.05, 0) is 0 Å². The molecular weight excluding hydrogens is 173 g/mol. The third-order valence-electron chi connectivity index (χ3n) is 0.868. The number of halogens is 3. The highest BCUT2D eigenvalue weighted by molar-refractivity contribution is 4.98. The lowest BCUT2D eigenvalue weighted by Crippen LogP contribution is -1.96. The van der Waals surface area contributed by atoms with Crippen LogP contribution in [-0.4, -0.2) is 9.97 Å². The molecule has 0 aliphatic heterocycles. The summed E-state index contributed by atoms with van der Waals surface area (Å²) in [7, 11) is 0. The standard InChI is InChI=1S/C6H3F3N2O/c7-1-2-12-6-10-4(8)3-5(9)11-6/h1-3H. The summed E-state index contributed by atoms with van der Waals surface area (Å²) >= 11 is 0. The molecule has 0 radical (unpaired) electrons. The van der Waals surface area contributed by atoms with Gasteiger partial charge in [0.15, 0.2) is 0 Å². The molecule has 1 aromatic rings. The molecule has 0 N–H and O–H groups in total. The highest BCUT2D eigenvalue weighted by Crippen LogP contribution is 2.05. The third kappa shape index (κ3) is 2.22. The van der Waals surface area contributed by atoms with E-state index in [-0.39, 0.29) is 6.33 Å². The molecule has 0 aliphatic carbocycles. The molecule has 0 saturated carbocycles. The number of hydrogen-bond donors (Lipinski definition) is 0. The van der Waals surface area contributed by atoms with Crippen LogP contribution in [0.25, 0.3) is 0 Å². The Morgan fingerprint density at radius 3 is 2.33 bits per heavy atom. The summed E-state index contributed by atoms with van der Waals surface area (Å²) in [5.74, 6) is -2.16. The van der Waals surface area contributed by atoms with Gasteiger partial charge in [-0.1, -0.05) is 0 Å². The Balaban J connectivity index is 2.85. The maximum Gasteiger partial charge on any atom is 0.326 e. The molecule has 1 rings (SSSR count). The fraction of sp³-hybridized carbons (Fsp3) is 0. The zero-order valence-corrected chi connectivity index (χ0v) is 5.67. The SMILES string of the molecule is FC=COc1nc(F)cc(F)n1. The maximum absolute atomic E-state index is 12.3. The zero-order valence-electron chi connectivity index (χ0n) is 5.67. The summed E-state index contributed by atoms with van der Waals surface area (Å²) in [5, 5.41) is 0. The highest BCUT2D eigenvalue weighted by Gasteiger charge is 2.02. The van der Waals surface area contributed by atoms with Gasteiger partial charge in [0.05, 0.1) is 0 Å². The first-order valence-electron chi connectivity index (χ1n) is 2.84. The van der Waals surface area contributed by atoms with Gasteiger partial charge < -0.3 is 4.74 Å². The topological polar surface area (TPSA) is 35.0 Å². The van der Waals surface area contributed by atoms with Gasteiger partial charge in [0.25, 0.3) is 0 Å². The van der Waals surface area contributed by atoms with Gasteiger partial charge in [-0.15, -0.1) is 0 Å². The van der Waals surface area contributed by atoms with Gasteiger partial charge >= 0.3 is 6.01 Å². The van der Waals surface area contributed by atoms with Crippen molar-refractivity contribution in [3.05, 3.63) is 30.6 Å². The molecule has 0 aromatic carbocycles. The molecule has 0 spiro atoms. The van der Waals surface area contributed by atoms with Crippen LogP contribution in [0, 0.1) is 11.9 Å². The Bertz CT molecular complexity index is 283. The van der Waals surface area contributed by atoms with Gasteiger partial charge in [0, 0.05) is 6.07 Å². The predicted octanol–water partition coefficient (Wildman–Crippen LogP) is 1.57. The lowest BCUT2D eigenvalue weighted by molar-refractivity contribution is 0.395. The van der Waals surface area contributed by atoms with E-state index in [0.29, 0.717) is 12.3 Å². The minimum Gasteiger partial charge on any atom is -0.430 e. The summed E-state index contributed by atoms with van der Waals surface area (Å²) in [5.41, 5.74) is 0. The molecule has 3 nitrogen and oxygen atoms in total. The quantitative estimate of drug-likeness (QED) is 0.506. The molecule has 0 bridgehead atoms. The van der Waals surface area contributed by atoms with Crippen LogP contribution in [0.4, 0.5) is 13.2 Å². The fourth-order valence-corrected chi connectivity index (χ4v) is 0.510. The maximum atomic E-state index is 12.3. The first kappa shape index (κ1) is 8.51. The molecule has 0 unspecified atom stereocenters. The van der Waals surface area contributed by atoms with Gasteiger partial charge in [0.1, 0.15) is 12.6 Å². The summed E-state index contributed by atoms with van der Waals surface area (Å²) in [6.45, 7) is 0. The molecule has 0 amide bonds. The second kappa shape index (κ2) is 3.70. The molecule has 0 fully saturated rings. The van der Waals surface area contributed by atoms with E-state index in [1.165, 1.54) is 0 Å². The lowest BCUT2D eigenvalue weighted by atomic mass is 10.6. The van der Waals surface area contributed by atoms with Crippen molar-refractivity contribution in [2.75, 3.05) is 0 Å². The Kier molecular flexibility index (Phi) is 2.62. The van der Waals surface area contributed by atoms with Crippen molar-refractivity contribution in [2.24, 2.45) is 0 Å². The second-order valence-electron chi connectivity index (χ2n) is 1.68. The van der Waals surface area contributed by atoms with Crippen molar-refractivity contribution in [3.63, 3.8) is 0 Å². The molecule has 64 valence electrons. The van der Waals surface area contributed by atoms with Crippen molar-refractivity contribution in [3.8, 4) is 6.01 Å². The Morgan fingerprint density at radius 2 is 1.83 bits per heavy atom. The fourth-order valence-electron chi connectivity index (χ4n) is 0.510. The third-order valence-corrected chi connectivity index (χ3v) is 0.868. The van der Waals surface area contributed by atoms with E-state index in [1.54, 1.807) is 0 Å². The number of aromatic nitrogens is 2. The van der Waals surface area contributed by atoms with Crippen molar-refractivity contribution in [2.45, 2.75) is 0 Å². The monoisotopic (exact) mass is 176 g/mol. The molecule has 6 heteroatoms. The van der Waals surface area contributed by atoms with E-state index in [1.807, 2.05) is 0 Å². The molecule has 1 heterocycles. The van der Waals surface area contributed by atoms with Gasteiger partial charge in [-0.2, -0.15) is 18.7 Å². The van der Waals surface area contributed by atoms with Crippen LogP contribution >= 0.6 is 0 Å². The largest absolute Gasteiger partial charge is 0.430 e. The molecule has 0 aliphatic rings. The van der Waals surface area contributed by atoms with E-state index in [2.05, 4.69) is 14.7 Å². The number of nitrogens with zero attached hydrogens (tertiary/aromatic N) is 2. The van der Waals surface area contributed by atoms with E-state index in [9.17, 15) is 13.2 Å². The number of rotatable bonds is 2. The summed E-state index contributed by atoms with van der Waals surface area (Å²) in [4.78, 5) is 6.03. The first-order valence-corrected chi connectivity index (χ1v) is 2.84. The summed E-state index contributed by atoms with van der Waals surface area (Å²) < 4.78 is 40.1. The average Bonchev–Trinajstić information content (AvgIpc) is 1.99. The minimum atomic E-state index is -1.08. The van der Waals surface area contributed by atoms with Crippen molar-refractivity contribution < 1.29 is 17.9 Å². The highest BCUT2D eigenvalue weighted by atomic mass is 19.1. The van der Waals surface area contributed by atoms with Crippen LogP contribution < -0.4 is 4.74 Å². The van der Waals surface area contributed by atoms with Crippen molar-refractivity contribution >= 4 is 0 Å². The van der Waals surface area contributed by atoms with Gasteiger partial charge in [-0.25, -0.2) is 4.39 Å². The molecule has 0 atom stereocenters. The zero-order chi connectivity index (χ0) is 8.97. The van der Waals surface area contributed by atoms with E-state index >= 15 is 0 Å². The Hall–Kier alpha value is -1.59. The van der Waals surface area contributed by atoms with Crippen LogP contribution in [0.15, 0.2) is 18.7 Å². The summed E-state index contributed by atoms with van der Waals surface area (Å²) in [6, 6.07) is -0.104. The van der Waals surface area contributed by atoms with Crippen LogP contribution in [0.3, 0.4) is 0 Å². The molecule has 12 heavy (non-hydrogen) atoms. The van der Waals surface area contributed by atoms with Crippen LogP contribution in [-0.2, 0) is 0 Å².